The molecule has 0 spiro atoms. The van der Waals surface area contributed by atoms with Crippen molar-refractivity contribution in [2.75, 3.05) is 44.3 Å². The molecule has 38 heavy (non-hydrogen) atoms. The number of ether oxygens (including phenoxy) is 2. The molecule has 1 unspecified atom stereocenters. The smallest absolute Gasteiger partial charge is 0.316 e. The van der Waals surface area contributed by atoms with Gasteiger partial charge in [0.1, 0.15) is 23.9 Å². The van der Waals surface area contributed by atoms with Crippen molar-refractivity contribution in [1.29, 1.82) is 0 Å². The lowest BCUT2D eigenvalue weighted by Gasteiger charge is -2.35. The fourth-order valence-electron chi connectivity index (χ4n) is 4.67. The Labute approximate surface area is 219 Å². The van der Waals surface area contributed by atoms with Gasteiger partial charge in [0.25, 0.3) is 0 Å². The first-order valence-electron chi connectivity index (χ1n) is 12.4. The number of benzene rings is 2. The van der Waals surface area contributed by atoms with E-state index >= 15 is 0 Å². The van der Waals surface area contributed by atoms with Crippen molar-refractivity contribution in [3.63, 3.8) is 0 Å². The Hall–Kier alpha value is -3.35. The molecule has 1 atom stereocenters. The number of hydrogen-bond acceptors (Lipinski definition) is 7. The number of halogens is 2. The molecule has 0 amide bonds. The van der Waals surface area contributed by atoms with E-state index in [0.29, 0.717) is 37.0 Å². The van der Waals surface area contributed by atoms with E-state index in [1.165, 1.54) is 10.5 Å². The van der Waals surface area contributed by atoms with Gasteiger partial charge >= 0.3 is 5.56 Å². The van der Waals surface area contributed by atoms with Crippen LogP contribution in [0, 0.1) is 11.6 Å². The minimum absolute atomic E-state index is 0.0271. The van der Waals surface area contributed by atoms with Gasteiger partial charge in [-0.05, 0) is 30.5 Å². The fraction of sp³-hybridized carbons (Fsp3) is 0.385. The molecule has 12 heteroatoms. The predicted molar refractivity (Wildman–Crippen MR) is 137 cm³/mol. The first-order valence-corrected chi connectivity index (χ1v) is 14.0. The first kappa shape index (κ1) is 26.3. The molecule has 9 nitrogen and oxygen atoms in total. The Morgan fingerprint density at radius 1 is 1.03 bits per heavy atom. The van der Waals surface area contributed by atoms with Crippen LogP contribution in [0.2, 0.25) is 0 Å². The van der Waals surface area contributed by atoms with Crippen LogP contribution in [0.1, 0.15) is 18.4 Å². The lowest BCUT2D eigenvalue weighted by Crippen LogP contribution is -2.49. The highest BCUT2D eigenvalue weighted by Gasteiger charge is 2.30. The Morgan fingerprint density at radius 3 is 2.39 bits per heavy atom. The maximum atomic E-state index is 13.8. The SMILES string of the molecule is O=c1c(OCC2CCCO2)c(N2CCN(S(=O)(=O)Cc3ccccc3)CC2)cnn1-c1cc(F)cc(F)c1. The van der Waals surface area contributed by atoms with E-state index in [0.717, 1.165) is 29.7 Å². The second-order valence-electron chi connectivity index (χ2n) is 9.28. The summed E-state index contributed by atoms with van der Waals surface area (Å²) >= 11 is 0. The maximum absolute atomic E-state index is 13.8. The summed E-state index contributed by atoms with van der Waals surface area (Å²) in [4.78, 5) is 15.3. The molecule has 2 aliphatic heterocycles. The molecule has 2 saturated heterocycles. The monoisotopic (exact) mass is 546 g/mol. The van der Waals surface area contributed by atoms with Gasteiger partial charge < -0.3 is 14.4 Å². The van der Waals surface area contributed by atoms with Crippen LogP contribution in [0.5, 0.6) is 5.75 Å². The molecule has 202 valence electrons. The van der Waals surface area contributed by atoms with Crippen molar-refractivity contribution in [3.8, 4) is 11.4 Å². The van der Waals surface area contributed by atoms with Crippen LogP contribution in [0.3, 0.4) is 0 Å². The van der Waals surface area contributed by atoms with Gasteiger partial charge in [-0.2, -0.15) is 14.1 Å². The second kappa shape index (κ2) is 11.2. The molecule has 2 fully saturated rings. The molecule has 2 aromatic carbocycles. The number of hydrogen-bond donors (Lipinski definition) is 0. The molecular formula is C26H28F2N4O5S. The summed E-state index contributed by atoms with van der Waals surface area (Å²) in [5.41, 5.74) is 0.352. The van der Waals surface area contributed by atoms with Gasteiger partial charge in [0.2, 0.25) is 15.8 Å². The van der Waals surface area contributed by atoms with Gasteiger partial charge in [0, 0.05) is 38.9 Å². The molecule has 5 rings (SSSR count). The van der Waals surface area contributed by atoms with Gasteiger partial charge in [0.15, 0.2) is 0 Å². The van der Waals surface area contributed by atoms with E-state index in [9.17, 15) is 22.0 Å². The Morgan fingerprint density at radius 2 is 1.74 bits per heavy atom. The van der Waals surface area contributed by atoms with Crippen molar-refractivity contribution in [2.45, 2.75) is 24.7 Å². The average Bonchev–Trinajstić information content (AvgIpc) is 3.41. The number of nitrogens with zero attached hydrogens (tertiary/aromatic N) is 4. The van der Waals surface area contributed by atoms with Crippen molar-refractivity contribution in [2.24, 2.45) is 0 Å². The Balaban J connectivity index is 1.38. The number of rotatable bonds is 8. The summed E-state index contributed by atoms with van der Waals surface area (Å²) < 4.78 is 67.5. The second-order valence-corrected chi connectivity index (χ2v) is 11.2. The molecule has 3 aromatic rings. The van der Waals surface area contributed by atoms with Crippen LogP contribution in [0.25, 0.3) is 5.69 Å². The van der Waals surface area contributed by atoms with Crippen LogP contribution in [-0.2, 0) is 20.5 Å². The van der Waals surface area contributed by atoms with Crippen LogP contribution >= 0.6 is 0 Å². The number of anilines is 1. The largest absolute Gasteiger partial charge is 0.483 e. The van der Waals surface area contributed by atoms with E-state index in [-0.39, 0.29) is 43.0 Å². The van der Waals surface area contributed by atoms with Crippen molar-refractivity contribution >= 4 is 15.7 Å². The van der Waals surface area contributed by atoms with Crippen molar-refractivity contribution < 1.29 is 26.7 Å². The summed E-state index contributed by atoms with van der Waals surface area (Å²) in [6, 6.07) is 11.7. The van der Waals surface area contributed by atoms with E-state index in [2.05, 4.69) is 5.10 Å². The molecule has 0 saturated carbocycles. The Bertz CT molecular complexity index is 1420. The third-order valence-electron chi connectivity index (χ3n) is 6.61. The fourth-order valence-corrected chi connectivity index (χ4v) is 6.19. The first-order chi connectivity index (χ1) is 18.3. The predicted octanol–water partition coefficient (Wildman–Crippen LogP) is 2.72. The molecule has 2 aliphatic rings. The molecule has 0 aliphatic carbocycles. The molecule has 0 radical (unpaired) electrons. The van der Waals surface area contributed by atoms with E-state index in [1.807, 2.05) is 11.0 Å². The highest BCUT2D eigenvalue weighted by atomic mass is 32.2. The molecular weight excluding hydrogens is 518 g/mol. The standard InChI is InChI=1S/C26H28F2N4O5S/c27-20-13-21(28)15-22(14-20)32-26(33)25(37-17-23-7-4-12-36-23)24(16-29-32)30-8-10-31(11-9-30)38(34,35)18-19-5-2-1-3-6-19/h1-3,5-6,13-16,23H,4,7-12,17-18H2. The van der Waals surface area contributed by atoms with Crippen LogP contribution in [0.15, 0.2) is 59.5 Å². The van der Waals surface area contributed by atoms with Crippen molar-refractivity contribution in [3.05, 3.63) is 82.3 Å². The normalized spacial score (nSPS) is 18.6. The summed E-state index contributed by atoms with van der Waals surface area (Å²) in [5.74, 6) is -1.80. The maximum Gasteiger partial charge on any atom is 0.316 e. The molecule has 1 aromatic heterocycles. The Kier molecular flexibility index (Phi) is 7.73. The van der Waals surface area contributed by atoms with Gasteiger partial charge in [-0.1, -0.05) is 30.3 Å². The average molecular weight is 547 g/mol. The minimum Gasteiger partial charge on any atom is -0.483 e. The van der Waals surface area contributed by atoms with Gasteiger partial charge in [0.05, 0.1) is 23.7 Å². The third kappa shape index (κ3) is 5.87. The number of aromatic nitrogens is 2. The summed E-state index contributed by atoms with van der Waals surface area (Å²) in [7, 11) is -3.53. The minimum atomic E-state index is -3.53. The topological polar surface area (TPSA) is 94.0 Å². The van der Waals surface area contributed by atoms with Gasteiger partial charge in [-0.3, -0.25) is 4.79 Å². The highest BCUT2D eigenvalue weighted by molar-refractivity contribution is 7.88. The molecule has 0 N–H and O–H groups in total. The lowest BCUT2D eigenvalue weighted by molar-refractivity contribution is 0.0673. The summed E-state index contributed by atoms with van der Waals surface area (Å²) in [6.07, 6.45) is 2.92. The lowest BCUT2D eigenvalue weighted by atomic mass is 10.2. The van der Waals surface area contributed by atoms with E-state index in [4.69, 9.17) is 9.47 Å². The van der Waals surface area contributed by atoms with Gasteiger partial charge in [-0.15, -0.1) is 0 Å². The third-order valence-corrected chi connectivity index (χ3v) is 8.46. The summed E-state index contributed by atoms with van der Waals surface area (Å²) in [5, 5.41) is 4.16. The van der Waals surface area contributed by atoms with Crippen LogP contribution in [-0.4, -0.2) is 68.0 Å². The number of sulfonamides is 1. The van der Waals surface area contributed by atoms with Crippen molar-refractivity contribution in [1.82, 2.24) is 14.1 Å². The zero-order valence-electron chi connectivity index (χ0n) is 20.6. The number of piperazine rings is 1. The van der Waals surface area contributed by atoms with E-state index in [1.54, 1.807) is 24.3 Å². The van der Waals surface area contributed by atoms with Crippen LogP contribution in [0.4, 0.5) is 14.5 Å². The van der Waals surface area contributed by atoms with E-state index < -0.39 is 27.2 Å². The highest BCUT2D eigenvalue weighted by Crippen LogP contribution is 2.27. The van der Waals surface area contributed by atoms with Gasteiger partial charge in [-0.25, -0.2) is 17.2 Å². The molecule has 0 bridgehead atoms. The quantitative estimate of drug-likeness (QED) is 0.429. The summed E-state index contributed by atoms with van der Waals surface area (Å²) in [6.45, 7) is 1.81. The zero-order chi connectivity index (χ0) is 26.7. The zero-order valence-corrected chi connectivity index (χ0v) is 21.4. The molecule has 3 heterocycles. The van der Waals surface area contributed by atoms with Crippen LogP contribution < -0.4 is 15.2 Å².